The molecule has 0 aliphatic carbocycles. The molecule has 124 valence electrons. The van der Waals surface area contributed by atoms with Crippen LogP contribution in [0.25, 0.3) is 0 Å². The lowest BCUT2D eigenvalue weighted by atomic mass is 10.1. The van der Waals surface area contributed by atoms with Crippen LogP contribution in [0.1, 0.15) is 32.7 Å². The lowest BCUT2D eigenvalue weighted by Gasteiger charge is -2.16. The van der Waals surface area contributed by atoms with Gasteiger partial charge in [0.25, 0.3) is 11.8 Å². The number of nitrogens with zero attached hydrogens (tertiary/aromatic N) is 1. The van der Waals surface area contributed by atoms with Gasteiger partial charge in [-0.3, -0.25) is 14.6 Å². The van der Waals surface area contributed by atoms with Gasteiger partial charge in [-0.1, -0.05) is 12.1 Å². The van der Waals surface area contributed by atoms with Crippen LogP contribution in [-0.2, 0) is 0 Å². The minimum atomic E-state index is -0.261. The fourth-order valence-corrected chi connectivity index (χ4v) is 2.75. The van der Waals surface area contributed by atoms with Crippen LogP contribution in [0.2, 0.25) is 0 Å². The predicted octanol–water partition coefficient (Wildman–Crippen LogP) is 1.73. The van der Waals surface area contributed by atoms with Crippen molar-refractivity contribution < 1.29 is 9.59 Å². The minimum Gasteiger partial charge on any atom is -0.348 e. The van der Waals surface area contributed by atoms with Gasteiger partial charge in [0.1, 0.15) is 0 Å². The van der Waals surface area contributed by atoms with E-state index in [2.05, 4.69) is 20.9 Å². The van der Waals surface area contributed by atoms with Gasteiger partial charge in [0, 0.05) is 30.5 Å². The molecule has 0 bridgehead atoms. The molecule has 6 heteroatoms. The molecule has 2 aromatic rings. The van der Waals surface area contributed by atoms with Gasteiger partial charge in [-0.2, -0.15) is 0 Å². The molecule has 3 N–H and O–H groups in total. The van der Waals surface area contributed by atoms with Crippen molar-refractivity contribution in [1.82, 2.24) is 15.6 Å². The molecule has 1 unspecified atom stereocenters. The summed E-state index contributed by atoms with van der Waals surface area (Å²) in [6.07, 6.45) is 4.04. The molecule has 24 heavy (non-hydrogen) atoms. The number of nitrogens with one attached hydrogen (secondary N) is 3. The first-order valence-electron chi connectivity index (χ1n) is 7.97. The summed E-state index contributed by atoms with van der Waals surface area (Å²) in [7, 11) is 0. The molecule has 3 rings (SSSR count). The van der Waals surface area contributed by atoms with E-state index in [1.165, 1.54) is 0 Å². The lowest BCUT2D eigenvalue weighted by molar-refractivity contribution is 0.0941. The zero-order valence-corrected chi connectivity index (χ0v) is 13.5. The monoisotopic (exact) mass is 324 g/mol. The summed E-state index contributed by atoms with van der Waals surface area (Å²) in [6, 6.07) is 8.82. The van der Waals surface area contributed by atoms with Gasteiger partial charge in [-0.05, 0) is 43.7 Å². The number of carbonyl (C=O) groups is 2. The zero-order valence-electron chi connectivity index (χ0n) is 13.5. The highest BCUT2D eigenvalue weighted by atomic mass is 16.2. The van der Waals surface area contributed by atoms with E-state index in [4.69, 9.17) is 0 Å². The summed E-state index contributed by atoms with van der Waals surface area (Å²) >= 11 is 0. The number of carbonyl (C=O) groups excluding carboxylic acids is 2. The topological polar surface area (TPSA) is 83.1 Å². The highest BCUT2D eigenvalue weighted by Gasteiger charge is 2.21. The normalized spacial score (nSPS) is 16.6. The number of aromatic nitrogens is 1. The Morgan fingerprint density at radius 2 is 1.96 bits per heavy atom. The first kappa shape index (κ1) is 16.1. The van der Waals surface area contributed by atoms with Gasteiger partial charge >= 0.3 is 0 Å². The van der Waals surface area contributed by atoms with Crippen LogP contribution in [0.3, 0.4) is 0 Å². The van der Waals surface area contributed by atoms with E-state index < -0.39 is 0 Å². The third-order valence-electron chi connectivity index (χ3n) is 4.09. The summed E-state index contributed by atoms with van der Waals surface area (Å²) in [5, 5.41) is 9.09. The van der Waals surface area contributed by atoms with Crippen LogP contribution in [-0.4, -0.2) is 35.9 Å². The smallest absolute Gasteiger partial charge is 0.255 e. The van der Waals surface area contributed by atoms with E-state index in [-0.39, 0.29) is 17.9 Å². The van der Waals surface area contributed by atoms with Crippen LogP contribution < -0.4 is 16.0 Å². The molecule has 1 aromatic heterocycles. The molecule has 0 radical (unpaired) electrons. The standard InChI is InChI=1S/C18H20N4O2/c1-12-3-2-4-15(18(24)21-14-7-10-20-11-14)16(12)22-17(23)13-5-8-19-9-6-13/h2-6,8-9,14,20H,7,10-11H2,1H3,(H,21,24)(H,22,23). The molecule has 1 aliphatic heterocycles. The Morgan fingerprint density at radius 3 is 2.67 bits per heavy atom. The molecule has 6 nitrogen and oxygen atoms in total. The molecule has 1 aromatic carbocycles. The summed E-state index contributed by atoms with van der Waals surface area (Å²) in [5.41, 5.74) is 2.36. The Kier molecular flexibility index (Phi) is 4.86. The van der Waals surface area contributed by atoms with Crippen molar-refractivity contribution in [1.29, 1.82) is 0 Å². The molecule has 1 fully saturated rings. The van der Waals surface area contributed by atoms with Crippen molar-refractivity contribution in [2.75, 3.05) is 18.4 Å². The molecular formula is C18H20N4O2. The fourth-order valence-electron chi connectivity index (χ4n) is 2.75. The van der Waals surface area contributed by atoms with Crippen molar-refractivity contribution in [3.8, 4) is 0 Å². The van der Waals surface area contributed by atoms with Gasteiger partial charge in [0.05, 0.1) is 11.3 Å². The van der Waals surface area contributed by atoms with Crippen LogP contribution >= 0.6 is 0 Å². The maximum absolute atomic E-state index is 12.6. The molecule has 0 spiro atoms. The van der Waals surface area contributed by atoms with E-state index in [1.807, 2.05) is 19.1 Å². The molecule has 1 saturated heterocycles. The van der Waals surface area contributed by atoms with Crippen LogP contribution in [0, 0.1) is 6.92 Å². The summed E-state index contributed by atoms with van der Waals surface area (Å²) < 4.78 is 0. The Balaban J connectivity index is 1.82. The highest BCUT2D eigenvalue weighted by Crippen LogP contribution is 2.22. The Hall–Kier alpha value is -2.73. The number of benzene rings is 1. The maximum atomic E-state index is 12.6. The predicted molar refractivity (Wildman–Crippen MR) is 92.1 cm³/mol. The van der Waals surface area contributed by atoms with E-state index >= 15 is 0 Å². The van der Waals surface area contributed by atoms with Gasteiger partial charge in [0.2, 0.25) is 0 Å². The number of amides is 2. The number of para-hydroxylation sites is 1. The highest BCUT2D eigenvalue weighted by molar-refractivity contribution is 6.09. The number of pyridine rings is 1. The third kappa shape index (κ3) is 3.60. The SMILES string of the molecule is Cc1cccc(C(=O)NC2CCNC2)c1NC(=O)c1ccncc1. The molecule has 2 amide bonds. The molecular weight excluding hydrogens is 304 g/mol. The molecule has 0 saturated carbocycles. The summed E-state index contributed by atoms with van der Waals surface area (Å²) in [6.45, 7) is 3.55. The van der Waals surface area contributed by atoms with Gasteiger partial charge in [-0.25, -0.2) is 0 Å². The fraction of sp³-hybridized carbons (Fsp3) is 0.278. The molecule has 1 atom stereocenters. The summed E-state index contributed by atoms with van der Waals surface area (Å²) in [5.74, 6) is -0.430. The Labute approximate surface area is 140 Å². The second kappa shape index (κ2) is 7.23. The molecule has 2 heterocycles. The Bertz CT molecular complexity index is 740. The second-order valence-electron chi connectivity index (χ2n) is 5.85. The van der Waals surface area contributed by atoms with Crippen LogP contribution in [0.5, 0.6) is 0 Å². The van der Waals surface area contributed by atoms with E-state index in [1.54, 1.807) is 30.6 Å². The van der Waals surface area contributed by atoms with E-state index in [0.717, 1.165) is 25.1 Å². The first-order valence-corrected chi connectivity index (χ1v) is 7.97. The lowest BCUT2D eigenvalue weighted by Crippen LogP contribution is -2.36. The third-order valence-corrected chi connectivity index (χ3v) is 4.09. The zero-order chi connectivity index (χ0) is 16.9. The van der Waals surface area contributed by atoms with Crippen LogP contribution in [0.15, 0.2) is 42.7 Å². The van der Waals surface area contributed by atoms with Gasteiger partial charge in [0.15, 0.2) is 0 Å². The summed E-state index contributed by atoms with van der Waals surface area (Å²) in [4.78, 5) is 28.9. The van der Waals surface area contributed by atoms with Crippen molar-refractivity contribution in [3.63, 3.8) is 0 Å². The van der Waals surface area contributed by atoms with Gasteiger partial charge < -0.3 is 16.0 Å². The molecule has 1 aliphatic rings. The number of hydrogen-bond acceptors (Lipinski definition) is 4. The average molecular weight is 324 g/mol. The van der Waals surface area contributed by atoms with Crippen molar-refractivity contribution in [2.45, 2.75) is 19.4 Å². The number of anilines is 1. The second-order valence-corrected chi connectivity index (χ2v) is 5.85. The van der Waals surface area contributed by atoms with Crippen molar-refractivity contribution >= 4 is 17.5 Å². The van der Waals surface area contributed by atoms with E-state index in [0.29, 0.717) is 16.8 Å². The van der Waals surface area contributed by atoms with Crippen molar-refractivity contribution in [3.05, 3.63) is 59.4 Å². The maximum Gasteiger partial charge on any atom is 0.255 e. The number of aryl methyl sites for hydroxylation is 1. The largest absolute Gasteiger partial charge is 0.348 e. The van der Waals surface area contributed by atoms with Gasteiger partial charge in [-0.15, -0.1) is 0 Å². The van der Waals surface area contributed by atoms with Crippen molar-refractivity contribution in [2.24, 2.45) is 0 Å². The minimum absolute atomic E-state index is 0.127. The quantitative estimate of drug-likeness (QED) is 0.800. The van der Waals surface area contributed by atoms with Crippen LogP contribution in [0.4, 0.5) is 5.69 Å². The average Bonchev–Trinajstić information content (AvgIpc) is 3.10. The number of rotatable bonds is 4. The van der Waals surface area contributed by atoms with E-state index in [9.17, 15) is 9.59 Å². The Morgan fingerprint density at radius 1 is 1.17 bits per heavy atom. The number of hydrogen-bond donors (Lipinski definition) is 3. The first-order chi connectivity index (χ1) is 11.6.